The van der Waals surface area contributed by atoms with Gasteiger partial charge < -0.3 is 25.2 Å². The lowest BCUT2D eigenvalue weighted by molar-refractivity contribution is -0.138. The molecule has 1 atom stereocenters. The van der Waals surface area contributed by atoms with Gasteiger partial charge in [-0.05, 0) is 61.4 Å². The minimum atomic E-state index is -4.73. The molecule has 2 aliphatic heterocycles. The number of nitrogens with zero attached hydrogens (tertiary/aromatic N) is 4. The van der Waals surface area contributed by atoms with Crippen LogP contribution in [-0.2, 0) is 6.18 Å². The quantitative estimate of drug-likeness (QED) is 0.329. The van der Waals surface area contributed by atoms with E-state index in [1.54, 1.807) is 18.3 Å². The monoisotopic (exact) mass is 642 g/mol. The Morgan fingerprint density at radius 1 is 1.11 bits per heavy atom. The summed E-state index contributed by atoms with van der Waals surface area (Å²) in [4.78, 5) is 39.3. The number of hydrogen-bond acceptors (Lipinski definition) is 7. The van der Waals surface area contributed by atoms with Crippen LogP contribution in [-0.4, -0.2) is 79.5 Å². The third kappa shape index (κ3) is 7.16. The SMILES string of the molecule is CCOc1ncccc1-c1ccc(N2CCN(C(=O)c3ccc(Cl)cc3C(F)(F)F)C[C@H]2CC)c(C(=O)NCC2=NCCN2)c1. The molecule has 0 aliphatic carbocycles. The fourth-order valence-electron chi connectivity index (χ4n) is 5.64. The molecule has 0 spiro atoms. The van der Waals surface area contributed by atoms with Gasteiger partial charge in [-0.25, -0.2) is 4.98 Å². The molecule has 9 nitrogen and oxygen atoms in total. The summed E-state index contributed by atoms with van der Waals surface area (Å²) in [5.41, 5.74) is 1.03. The first-order valence-electron chi connectivity index (χ1n) is 14.8. The molecule has 13 heteroatoms. The predicted octanol–water partition coefficient (Wildman–Crippen LogP) is 5.29. The summed E-state index contributed by atoms with van der Waals surface area (Å²) < 4.78 is 47.1. The molecule has 0 unspecified atom stereocenters. The van der Waals surface area contributed by atoms with E-state index < -0.39 is 23.2 Å². The number of anilines is 1. The molecule has 1 aromatic heterocycles. The van der Waals surface area contributed by atoms with Crippen LogP contribution in [0.2, 0.25) is 5.02 Å². The van der Waals surface area contributed by atoms with Crippen molar-refractivity contribution in [1.82, 2.24) is 20.5 Å². The average molecular weight is 643 g/mol. The van der Waals surface area contributed by atoms with Crippen molar-refractivity contribution in [2.75, 3.05) is 50.8 Å². The third-order valence-electron chi connectivity index (χ3n) is 7.83. The van der Waals surface area contributed by atoms with Gasteiger partial charge in [0.1, 0.15) is 5.84 Å². The van der Waals surface area contributed by atoms with Gasteiger partial charge in [0.25, 0.3) is 11.8 Å². The topological polar surface area (TPSA) is 99.2 Å². The highest BCUT2D eigenvalue weighted by molar-refractivity contribution is 6.30. The largest absolute Gasteiger partial charge is 0.478 e. The summed E-state index contributed by atoms with van der Waals surface area (Å²) in [6.07, 6.45) is -2.51. The number of alkyl halides is 3. The molecule has 45 heavy (non-hydrogen) atoms. The fourth-order valence-corrected chi connectivity index (χ4v) is 5.81. The Bertz CT molecular complexity index is 1600. The molecule has 0 bridgehead atoms. The Hall–Kier alpha value is -4.32. The highest BCUT2D eigenvalue weighted by atomic mass is 35.5. The molecule has 3 heterocycles. The lowest BCUT2D eigenvalue weighted by atomic mass is 9.98. The number of pyridine rings is 1. The van der Waals surface area contributed by atoms with Gasteiger partial charge in [-0.3, -0.25) is 14.6 Å². The van der Waals surface area contributed by atoms with Crippen molar-refractivity contribution >= 4 is 34.9 Å². The van der Waals surface area contributed by atoms with Gasteiger partial charge in [0, 0.05) is 54.7 Å². The van der Waals surface area contributed by atoms with Crippen LogP contribution < -0.4 is 20.3 Å². The van der Waals surface area contributed by atoms with E-state index in [4.69, 9.17) is 16.3 Å². The molecule has 2 aliphatic rings. The Morgan fingerprint density at radius 3 is 2.64 bits per heavy atom. The van der Waals surface area contributed by atoms with E-state index >= 15 is 0 Å². The number of hydrogen-bond donors (Lipinski definition) is 2. The number of rotatable bonds is 9. The standard InChI is InChI=1S/C32H34ClF3N6O3/c1-3-22-19-41(31(44)24-9-8-21(33)17-26(24)32(34,35)36)14-15-42(22)27-10-7-20(23-6-5-11-39-30(23)45-4-2)16-25(27)29(43)40-18-28-37-12-13-38-28/h5-11,16-17,22H,3-4,12-15,18-19H2,1-2H3,(H,37,38)(H,40,43)/t22-/m1/s1. The highest BCUT2D eigenvalue weighted by Crippen LogP contribution is 2.36. The van der Waals surface area contributed by atoms with Crippen molar-refractivity contribution in [2.45, 2.75) is 32.5 Å². The summed E-state index contributed by atoms with van der Waals surface area (Å²) in [5.74, 6) is 0.123. The van der Waals surface area contributed by atoms with E-state index in [0.717, 1.165) is 29.8 Å². The zero-order valence-electron chi connectivity index (χ0n) is 25.0. The highest BCUT2D eigenvalue weighted by Gasteiger charge is 2.38. The molecule has 5 rings (SSSR count). The number of piperazine rings is 1. The number of ether oxygens (including phenoxy) is 1. The predicted molar refractivity (Wildman–Crippen MR) is 167 cm³/mol. The lowest BCUT2D eigenvalue weighted by Gasteiger charge is -2.43. The maximum absolute atomic E-state index is 13.8. The van der Waals surface area contributed by atoms with Crippen molar-refractivity contribution in [3.05, 3.63) is 76.4 Å². The van der Waals surface area contributed by atoms with E-state index in [9.17, 15) is 22.8 Å². The van der Waals surface area contributed by atoms with Crippen LogP contribution in [0.3, 0.4) is 0 Å². The van der Waals surface area contributed by atoms with Gasteiger partial charge in [-0.1, -0.05) is 24.6 Å². The molecular weight excluding hydrogens is 609 g/mol. The Kier molecular flexibility index (Phi) is 9.81. The van der Waals surface area contributed by atoms with Crippen LogP contribution in [0.25, 0.3) is 11.1 Å². The first-order valence-corrected chi connectivity index (χ1v) is 15.2. The number of amidine groups is 1. The molecule has 0 radical (unpaired) electrons. The van der Waals surface area contributed by atoms with Gasteiger partial charge >= 0.3 is 6.18 Å². The second-order valence-electron chi connectivity index (χ2n) is 10.7. The molecule has 238 valence electrons. The summed E-state index contributed by atoms with van der Waals surface area (Å²) in [6, 6.07) is 12.1. The number of amides is 2. The molecule has 2 amide bonds. The van der Waals surface area contributed by atoms with Crippen LogP contribution in [0.5, 0.6) is 5.88 Å². The van der Waals surface area contributed by atoms with Crippen molar-refractivity contribution in [1.29, 1.82) is 0 Å². The summed E-state index contributed by atoms with van der Waals surface area (Å²) in [7, 11) is 0. The van der Waals surface area contributed by atoms with Crippen LogP contribution in [0.15, 0.2) is 59.7 Å². The summed E-state index contributed by atoms with van der Waals surface area (Å²) in [6.45, 7) is 6.48. The second-order valence-corrected chi connectivity index (χ2v) is 11.1. The van der Waals surface area contributed by atoms with Gasteiger partial charge in [0.15, 0.2) is 0 Å². The molecule has 1 fully saturated rings. The van der Waals surface area contributed by atoms with Gasteiger partial charge in [-0.15, -0.1) is 0 Å². The fraction of sp³-hybridized carbons (Fsp3) is 0.375. The molecule has 2 N–H and O–H groups in total. The number of halogens is 4. The zero-order chi connectivity index (χ0) is 32.1. The zero-order valence-corrected chi connectivity index (χ0v) is 25.7. The third-order valence-corrected chi connectivity index (χ3v) is 8.07. The first-order chi connectivity index (χ1) is 21.6. The Labute approximate surface area is 264 Å². The second kappa shape index (κ2) is 13.8. The Morgan fingerprint density at radius 2 is 1.93 bits per heavy atom. The molecule has 0 saturated carbocycles. The average Bonchev–Trinajstić information content (AvgIpc) is 3.57. The molecule has 3 aromatic rings. The van der Waals surface area contributed by atoms with E-state index in [0.29, 0.717) is 49.1 Å². The number of aromatic nitrogens is 1. The van der Waals surface area contributed by atoms with Crippen LogP contribution >= 0.6 is 11.6 Å². The van der Waals surface area contributed by atoms with Crippen molar-refractivity contribution in [3.8, 4) is 17.0 Å². The van der Waals surface area contributed by atoms with Gasteiger partial charge in [0.05, 0.1) is 36.4 Å². The van der Waals surface area contributed by atoms with E-state index in [2.05, 4.69) is 20.6 Å². The van der Waals surface area contributed by atoms with Gasteiger partial charge in [-0.2, -0.15) is 13.2 Å². The number of aliphatic imine (C=N–C) groups is 1. The molecular formula is C32H34ClF3N6O3. The lowest BCUT2D eigenvalue weighted by Crippen LogP contribution is -2.55. The number of nitrogens with one attached hydrogen (secondary N) is 2. The van der Waals surface area contributed by atoms with Gasteiger partial charge in [0.2, 0.25) is 5.88 Å². The van der Waals surface area contributed by atoms with E-state index in [1.807, 2.05) is 36.9 Å². The molecule has 1 saturated heterocycles. The normalized spacial score (nSPS) is 16.7. The first kappa shape index (κ1) is 32.1. The van der Waals surface area contributed by atoms with Crippen LogP contribution in [0.4, 0.5) is 18.9 Å². The van der Waals surface area contributed by atoms with E-state index in [-0.39, 0.29) is 36.6 Å². The van der Waals surface area contributed by atoms with Crippen molar-refractivity contribution in [2.24, 2.45) is 4.99 Å². The number of benzene rings is 2. The number of carbonyl (C=O) groups is 2. The van der Waals surface area contributed by atoms with E-state index in [1.165, 1.54) is 11.0 Å². The maximum atomic E-state index is 13.8. The van der Waals surface area contributed by atoms with Crippen LogP contribution in [0, 0.1) is 0 Å². The number of carbonyl (C=O) groups excluding carboxylic acids is 2. The smallest absolute Gasteiger partial charge is 0.417 e. The minimum Gasteiger partial charge on any atom is -0.478 e. The van der Waals surface area contributed by atoms with Crippen molar-refractivity contribution < 1.29 is 27.5 Å². The van der Waals surface area contributed by atoms with Crippen LogP contribution in [0.1, 0.15) is 46.5 Å². The molecule has 2 aromatic carbocycles. The van der Waals surface area contributed by atoms with Crippen molar-refractivity contribution in [3.63, 3.8) is 0 Å². The maximum Gasteiger partial charge on any atom is 0.417 e. The Balaban J connectivity index is 1.46. The minimum absolute atomic E-state index is 0.0974. The summed E-state index contributed by atoms with van der Waals surface area (Å²) in [5, 5.41) is 6.01. The summed E-state index contributed by atoms with van der Waals surface area (Å²) >= 11 is 5.84.